The Balaban J connectivity index is 1.66. The Labute approximate surface area is 133 Å². The molecule has 4 rings (SSSR count). The molecule has 1 aromatic carbocycles. The summed E-state index contributed by atoms with van der Waals surface area (Å²) in [7, 11) is 0. The van der Waals surface area contributed by atoms with Crippen molar-refractivity contribution in [1.29, 1.82) is 0 Å². The largest absolute Gasteiger partial charge is 0.364 e. The van der Waals surface area contributed by atoms with Gasteiger partial charge >= 0.3 is 6.08 Å². The van der Waals surface area contributed by atoms with Crippen LogP contribution in [-0.2, 0) is 6.54 Å². The number of hydrogen-bond acceptors (Lipinski definition) is 4. The van der Waals surface area contributed by atoms with Crippen molar-refractivity contribution in [3.63, 3.8) is 0 Å². The first-order valence-corrected chi connectivity index (χ1v) is 7.99. The fraction of sp³-hybridized carbons (Fsp3) is 0.353. The predicted octanol–water partition coefficient (Wildman–Crippen LogP) is 3.69. The molecule has 23 heavy (non-hydrogen) atoms. The zero-order valence-electron chi connectivity index (χ0n) is 12.7. The lowest BCUT2D eigenvalue weighted by atomic mass is 10.2. The summed E-state index contributed by atoms with van der Waals surface area (Å²) in [6.07, 6.45) is 5.66. The maximum absolute atomic E-state index is 13.9. The van der Waals surface area contributed by atoms with Gasteiger partial charge in [-0.25, -0.2) is 4.98 Å². The highest BCUT2D eigenvalue weighted by atomic mass is 19.1. The molecule has 0 spiro atoms. The van der Waals surface area contributed by atoms with Crippen molar-refractivity contribution in [1.82, 2.24) is 19.5 Å². The summed E-state index contributed by atoms with van der Waals surface area (Å²) in [5, 5.41) is 3.18. The van der Waals surface area contributed by atoms with Crippen molar-refractivity contribution >= 4 is 17.0 Å². The van der Waals surface area contributed by atoms with Crippen LogP contribution in [0.25, 0.3) is 11.2 Å². The molecule has 2 heterocycles. The average Bonchev–Trinajstić information content (AvgIpc) is 3.22. The third-order valence-corrected chi connectivity index (χ3v) is 4.42. The zero-order valence-corrected chi connectivity index (χ0v) is 12.7. The molecule has 2 aromatic heterocycles. The van der Waals surface area contributed by atoms with Crippen LogP contribution in [0.4, 0.5) is 10.2 Å². The molecule has 1 aliphatic carbocycles. The number of fused-ring (bicyclic) bond motifs is 1. The first-order chi connectivity index (χ1) is 11.3. The Morgan fingerprint density at radius 2 is 1.91 bits per heavy atom. The highest BCUT2D eigenvalue weighted by Gasteiger charge is 2.21. The van der Waals surface area contributed by atoms with Crippen LogP contribution in [-0.4, -0.2) is 19.5 Å². The normalized spacial score (nSPS) is 15.3. The second kappa shape index (κ2) is 5.95. The summed E-state index contributed by atoms with van der Waals surface area (Å²) >= 11 is 0. The fourth-order valence-electron chi connectivity index (χ4n) is 3.24. The molecule has 1 N–H and O–H groups in total. The van der Waals surface area contributed by atoms with E-state index in [4.69, 9.17) is 0 Å². The van der Waals surface area contributed by atoms with E-state index in [2.05, 4.69) is 20.3 Å². The molecule has 0 radical (unpaired) electrons. The van der Waals surface area contributed by atoms with Crippen LogP contribution in [0.3, 0.4) is 0 Å². The van der Waals surface area contributed by atoms with Gasteiger partial charge in [-0.3, -0.25) is 0 Å². The van der Waals surface area contributed by atoms with Gasteiger partial charge in [-0.15, -0.1) is 0 Å². The second-order valence-electron chi connectivity index (χ2n) is 5.94. The van der Waals surface area contributed by atoms with Gasteiger partial charge in [-0.2, -0.15) is 14.4 Å². The van der Waals surface area contributed by atoms with E-state index in [9.17, 15) is 4.39 Å². The molecular formula is C17H18FN5. The number of imidazole rings is 1. The lowest BCUT2D eigenvalue weighted by Crippen LogP contribution is -2.07. The third kappa shape index (κ3) is 2.76. The van der Waals surface area contributed by atoms with E-state index in [1.54, 1.807) is 6.33 Å². The lowest BCUT2D eigenvalue weighted by Gasteiger charge is -2.12. The Kier molecular flexibility index (Phi) is 3.65. The number of anilines is 1. The SMILES string of the molecule is Fc1nc(NCc2ccccc2)c2ncn(C3CCCC3)c2n1. The minimum atomic E-state index is -0.715. The number of nitrogens with zero attached hydrogens (tertiary/aromatic N) is 4. The molecule has 5 nitrogen and oxygen atoms in total. The van der Waals surface area contributed by atoms with E-state index in [-0.39, 0.29) is 0 Å². The van der Waals surface area contributed by atoms with E-state index >= 15 is 0 Å². The summed E-state index contributed by atoms with van der Waals surface area (Å²) in [6, 6.07) is 10.3. The zero-order chi connectivity index (χ0) is 15.6. The maximum Gasteiger partial charge on any atom is 0.312 e. The van der Waals surface area contributed by atoms with Gasteiger partial charge in [0.1, 0.15) is 0 Å². The number of aromatic nitrogens is 4. The van der Waals surface area contributed by atoms with E-state index < -0.39 is 6.08 Å². The van der Waals surface area contributed by atoms with Crippen molar-refractivity contribution in [2.75, 3.05) is 5.32 Å². The van der Waals surface area contributed by atoms with E-state index in [0.717, 1.165) is 18.4 Å². The van der Waals surface area contributed by atoms with Crippen LogP contribution >= 0.6 is 0 Å². The summed E-state index contributed by atoms with van der Waals surface area (Å²) in [5.74, 6) is 0.452. The van der Waals surface area contributed by atoms with E-state index in [1.807, 2.05) is 34.9 Å². The maximum atomic E-state index is 13.9. The van der Waals surface area contributed by atoms with E-state index in [1.165, 1.54) is 12.8 Å². The quantitative estimate of drug-likeness (QED) is 0.747. The molecule has 0 amide bonds. The predicted molar refractivity (Wildman–Crippen MR) is 86.6 cm³/mol. The molecular weight excluding hydrogens is 293 g/mol. The number of halogens is 1. The van der Waals surface area contributed by atoms with Gasteiger partial charge in [0.2, 0.25) is 0 Å². The molecule has 0 bridgehead atoms. The van der Waals surface area contributed by atoms with Gasteiger partial charge in [0, 0.05) is 12.6 Å². The second-order valence-corrected chi connectivity index (χ2v) is 5.94. The van der Waals surface area contributed by atoms with Crippen molar-refractivity contribution in [3.05, 3.63) is 48.3 Å². The third-order valence-electron chi connectivity index (χ3n) is 4.42. The van der Waals surface area contributed by atoms with Gasteiger partial charge in [-0.1, -0.05) is 43.2 Å². The van der Waals surface area contributed by atoms with Crippen molar-refractivity contribution in [2.24, 2.45) is 0 Å². The smallest absolute Gasteiger partial charge is 0.312 e. The summed E-state index contributed by atoms with van der Waals surface area (Å²) in [6.45, 7) is 0.572. The van der Waals surface area contributed by atoms with Crippen LogP contribution in [0.5, 0.6) is 0 Å². The highest BCUT2D eigenvalue weighted by Crippen LogP contribution is 2.32. The Morgan fingerprint density at radius 1 is 1.13 bits per heavy atom. The average molecular weight is 311 g/mol. The Bertz CT molecular complexity index is 808. The minimum absolute atomic E-state index is 0.372. The monoisotopic (exact) mass is 311 g/mol. The van der Waals surface area contributed by atoms with Gasteiger partial charge in [-0.05, 0) is 18.4 Å². The molecule has 3 aromatic rings. The molecule has 0 saturated heterocycles. The van der Waals surface area contributed by atoms with Crippen LogP contribution in [0.15, 0.2) is 36.7 Å². The number of rotatable bonds is 4. The van der Waals surface area contributed by atoms with Crippen LogP contribution < -0.4 is 5.32 Å². The van der Waals surface area contributed by atoms with Gasteiger partial charge in [0.15, 0.2) is 17.0 Å². The molecule has 1 fully saturated rings. The molecule has 1 saturated carbocycles. The minimum Gasteiger partial charge on any atom is -0.364 e. The van der Waals surface area contributed by atoms with Crippen molar-refractivity contribution in [2.45, 2.75) is 38.3 Å². The first kappa shape index (κ1) is 14.1. The van der Waals surface area contributed by atoms with Crippen molar-refractivity contribution < 1.29 is 4.39 Å². The molecule has 1 aliphatic rings. The molecule has 118 valence electrons. The lowest BCUT2D eigenvalue weighted by molar-refractivity contribution is 0.514. The molecule has 0 aliphatic heterocycles. The number of benzene rings is 1. The standard InChI is InChI=1S/C17H18FN5/c18-17-21-15(19-10-12-6-2-1-3-7-12)14-16(22-17)23(11-20-14)13-8-4-5-9-13/h1-3,6-7,11,13H,4-5,8-10H2,(H,19,21,22). The van der Waals surface area contributed by atoms with Crippen LogP contribution in [0.2, 0.25) is 0 Å². The number of hydrogen-bond donors (Lipinski definition) is 1. The number of nitrogens with one attached hydrogen (secondary N) is 1. The van der Waals surface area contributed by atoms with Crippen LogP contribution in [0, 0.1) is 6.08 Å². The van der Waals surface area contributed by atoms with Crippen molar-refractivity contribution in [3.8, 4) is 0 Å². The molecule has 6 heteroatoms. The van der Waals surface area contributed by atoms with E-state index in [0.29, 0.717) is 29.6 Å². The molecule has 0 atom stereocenters. The van der Waals surface area contributed by atoms with Gasteiger partial charge in [0.05, 0.1) is 6.33 Å². The first-order valence-electron chi connectivity index (χ1n) is 7.99. The van der Waals surface area contributed by atoms with Gasteiger partial charge in [0.25, 0.3) is 0 Å². The Morgan fingerprint density at radius 3 is 2.70 bits per heavy atom. The fourth-order valence-corrected chi connectivity index (χ4v) is 3.24. The molecule has 0 unspecified atom stereocenters. The summed E-state index contributed by atoms with van der Waals surface area (Å²) in [4.78, 5) is 12.3. The highest BCUT2D eigenvalue weighted by molar-refractivity contribution is 5.82. The van der Waals surface area contributed by atoms with Crippen LogP contribution in [0.1, 0.15) is 37.3 Å². The van der Waals surface area contributed by atoms with Gasteiger partial charge < -0.3 is 9.88 Å². The topological polar surface area (TPSA) is 55.6 Å². The summed E-state index contributed by atoms with van der Waals surface area (Å²) in [5.41, 5.74) is 2.32. The summed E-state index contributed by atoms with van der Waals surface area (Å²) < 4.78 is 15.9. The Hall–Kier alpha value is -2.50.